The summed E-state index contributed by atoms with van der Waals surface area (Å²) >= 11 is 0. The van der Waals surface area contributed by atoms with Gasteiger partial charge in [0.1, 0.15) is 5.65 Å². The topological polar surface area (TPSA) is 55.0 Å². The lowest BCUT2D eigenvalue weighted by atomic mass is 9.97. The van der Waals surface area contributed by atoms with E-state index in [1.165, 1.54) is 0 Å². The number of aromatic amines is 1. The van der Waals surface area contributed by atoms with Crippen molar-refractivity contribution in [2.45, 2.75) is 13.3 Å². The number of carbonyl (C=O) groups is 1. The zero-order valence-corrected chi connectivity index (χ0v) is 11.8. The van der Waals surface area contributed by atoms with Crippen molar-refractivity contribution >= 4 is 17.0 Å². The van der Waals surface area contributed by atoms with Crippen LogP contribution in [0.5, 0.6) is 0 Å². The first kappa shape index (κ1) is 13.4. The van der Waals surface area contributed by atoms with Crippen LogP contribution in [0, 0.1) is 0 Å². The molecule has 21 heavy (non-hydrogen) atoms. The molecule has 1 N–H and O–H groups in total. The van der Waals surface area contributed by atoms with Gasteiger partial charge in [0.15, 0.2) is 0 Å². The monoisotopic (exact) mass is 280 g/mol. The van der Waals surface area contributed by atoms with E-state index in [4.69, 9.17) is 4.74 Å². The van der Waals surface area contributed by atoms with Crippen LogP contribution in [0.2, 0.25) is 0 Å². The minimum Gasteiger partial charge on any atom is -0.466 e. The molecule has 0 bridgehead atoms. The standard InChI is InChI=1S/C17H16N2O2/c1-2-21-15(20)10-13-11-19-17-14(8-9-18-17)16(13)12-6-4-3-5-7-12/h3-9,11H,2,10H2,1H3,(H,18,19). The number of fused-ring (bicyclic) bond motifs is 1. The van der Waals surface area contributed by atoms with Gasteiger partial charge in [-0.1, -0.05) is 30.3 Å². The van der Waals surface area contributed by atoms with E-state index < -0.39 is 0 Å². The molecule has 4 nitrogen and oxygen atoms in total. The third-order valence-electron chi connectivity index (χ3n) is 3.37. The lowest BCUT2D eigenvalue weighted by Gasteiger charge is -2.10. The maximum atomic E-state index is 11.8. The number of nitrogens with one attached hydrogen (secondary N) is 1. The highest BCUT2D eigenvalue weighted by atomic mass is 16.5. The van der Waals surface area contributed by atoms with Gasteiger partial charge in [-0.15, -0.1) is 0 Å². The normalized spacial score (nSPS) is 10.7. The van der Waals surface area contributed by atoms with Crippen LogP contribution in [-0.2, 0) is 16.0 Å². The molecule has 2 heterocycles. The SMILES string of the molecule is CCOC(=O)Cc1cnc2[nH]ccc2c1-c1ccccc1. The van der Waals surface area contributed by atoms with Gasteiger partial charge in [-0.05, 0) is 29.7 Å². The zero-order chi connectivity index (χ0) is 14.7. The van der Waals surface area contributed by atoms with Crippen LogP contribution in [0.15, 0.2) is 48.8 Å². The number of aromatic nitrogens is 2. The first-order valence-electron chi connectivity index (χ1n) is 6.95. The Balaban J connectivity index is 2.13. The molecule has 3 aromatic rings. The summed E-state index contributed by atoms with van der Waals surface area (Å²) in [4.78, 5) is 19.3. The summed E-state index contributed by atoms with van der Waals surface area (Å²) in [6.07, 6.45) is 3.84. The first-order chi connectivity index (χ1) is 10.3. The molecule has 0 radical (unpaired) electrons. The van der Waals surface area contributed by atoms with Crippen LogP contribution in [0.25, 0.3) is 22.2 Å². The van der Waals surface area contributed by atoms with E-state index in [1.54, 1.807) is 6.20 Å². The van der Waals surface area contributed by atoms with Gasteiger partial charge in [-0.3, -0.25) is 4.79 Å². The zero-order valence-electron chi connectivity index (χ0n) is 11.8. The molecule has 0 aliphatic carbocycles. The number of esters is 1. The van der Waals surface area contributed by atoms with E-state index in [-0.39, 0.29) is 12.4 Å². The quantitative estimate of drug-likeness (QED) is 0.746. The molecule has 2 aromatic heterocycles. The minimum atomic E-state index is -0.230. The molecule has 0 saturated carbocycles. The predicted molar refractivity (Wildman–Crippen MR) is 81.9 cm³/mol. The number of nitrogens with zero attached hydrogens (tertiary/aromatic N) is 1. The predicted octanol–water partition coefficient (Wildman–Crippen LogP) is 3.34. The van der Waals surface area contributed by atoms with Crippen molar-refractivity contribution in [2.75, 3.05) is 6.61 Å². The van der Waals surface area contributed by atoms with Crippen molar-refractivity contribution in [3.8, 4) is 11.1 Å². The summed E-state index contributed by atoms with van der Waals surface area (Å²) in [6.45, 7) is 2.20. The number of hydrogen-bond acceptors (Lipinski definition) is 3. The van der Waals surface area contributed by atoms with Crippen molar-refractivity contribution in [1.29, 1.82) is 0 Å². The molecule has 3 rings (SSSR count). The molecular formula is C17H16N2O2. The largest absolute Gasteiger partial charge is 0.466 e. The van der Waals surface area contributed by atoms with Crippen LogP contribution in [0.4, 0.5) is 0 Å². The number of hydrogen-bond donors (Lipinski definition) is 1. The minimum absolute atomic E-state index is 0.228. The molecule has 0 saturated heterocycles. The molecule has 0 spiro atoms. The molecule has 0 unspecified atom stereocenters. The maximum Gasteiger partial charge on any atom is 0.310 e. The van der Waals surface area contributed by atoms with Gasteiger partial charge in [0.05, 0.1) is 13.0 Å². The Morgan fingerprint density at radius 2 is 2.05 bits per heavy atom. The molecule has 106 valence electrons. The second kappa shape index (κ2) is 5.79. The molecule has 0 aliphatic rings. The second-order valence-corrected chi connectivity index (χ2v) is 4.75. The number of benzene rings is 1. The molecule has 0 amide bonds. The van der Waals surface area contributed by atoms with Crippen molar-refractivity contribution in [3.63, 3.8) is 0 Å². The lowest BCUT2D eigenvalue weighted by Crippen LogP contribution is -2.09. The van der Waals surface area contributed by atoms with E-state index in [9.17, 15) is 4.79 Å². The Bertz CT molecular complexity index is 763. The van der Waals surface area contributed by atoms with E-state index >= 15 is 0 Å². The second-order valence-electron chi connectivity index (χ2n) is 4.75. The summed E-state index contributed by atoms with van der Waals surface area (Å²) in [6, 6.07) is 12.0. The highest BCUT2D eigenvalue weighted by Crippen LogP contribution is 2.31. The number of carbonyl (C=O) groups excluding carboxylic acids is 1. The van der Waals surface area contributed by atoms with Crippen LogP contribution < -0.4 is 0 Å². The van der Waals surface area contributed by atoms with Gasteiger partial charge in [-0.25, -0.2) is 4.98 Å². The van der Waals surface area contributed by atoms with Crippen LogP contribution in [-0.4, -0.2) is 22.5 Å². The van der Waals surface area contributed by atoms with Gasteiger partial charge < -0.3 is 9.72 Å². The third kappa shape index (κ3) is 2.65. The van der Waals surface area contributed by atoms with E-state index in [0.717, 1.165) is 27.7 Å². The van der Waals surface area contributed by atoms with Crippen LogP contribution in [0.3, 0.4) is 0 Å². The van der Waals surface area contributed by atoms with Gasteiger partial charge in [0.2, 0.25) is 0 Å². The Hall–Kier alpha value is -2.62. The Labute approximate surface area is 122 Å². The average Bonchev–Trinajstić information content (AvgIpc) is 2.96. The van der Waals surface area contributed by atoms with E-state index in [0.29, 0.717) is 6.61 Å². The molecule has 4 heteroatoms. The van der Waals surface area contributed by atoms with Gasteiger partial charge in [0.25, 0.3) is 0 Å². The molecule has 0 aliphatic heterocycles. The molecule has 1 aromatic carbocycles. The average molecular weight is 280 g/mol. The third-order valence-corrected chi connectivity index (χ3v) is 3.37. The molecular weight excluding hydrogens is 264 g/mol. The van der Waals surface area contributed by atoms with Crippen molar-refractivity contribution in [3.05, 3.63) is 54.4 Å². The highest BCUT2D eigenvalue weighted by molar-refractivity contribution is 5.96. The Morgan fingerprint density at radius 1 is 1.24 bits per heavy atom. The number of ether oxygens (including phenoxy) is 1. The summed E-state index contributed by atoms with van der Waals surface area (Å²) in [5.74, 6) is -0.230. The van der Waals surface area contributed by atoms with Crippen molar-refractivity contribution in [1.82, 2.24) is 9.97 Å². The lowest BCUT2D eigenvalue weighted by molar-refractivity contribution is -0.142. The fraction of sp³-hybridized carbons (Fsp3) is 0.176. The van der Waals surface area contributed by atoms with Gasteiger partial charge in [0, 0.05) is 17.8 Å². The summed E-state index contributed by atoms with van der Waals surface area (Å²) < 4.78 is 5.06. The molecule has 0 atom stereocenters. The van der Waals surface area contributed by atoms with Crippen LogP contribution in [0.1, 0.15) is 12.5 Å². The molecule has 0 fully saturated rings. The Morgan fingerprint density at radius 3 is 2.81 bits per heavy atom. The number of pyridine rings is 1. The number of rotatable bonds is 4. The van der Waals surface area contributed by atoms with E-state index in [2.05, 4.69) is 9.97 Å². The highest BCUT2D eigenvalue weighted by Gasteiger charge is 2.14. The van der Waals surface area contributed by atoms with Crippen molar-refractivity contribution < 1.29 is 9.53 Å². The van der Waals surface area contributed by atoms with E-state index in [1.807, 2.05) is 49.5 Å². The summed E-state index contributed by atoms with van der Waals surface area (Å²) in [7, 11) is 0. The smallest absolute Gasteiger partial charge is 0.310 e. The first-order valence-corrected chi connectivity index (χ1v) is 6.95. The fourth-order valence-electron chi connectivity index (χ4n) is 2.50. The van der Waals surface area contributed by atoms with Crippen LogP contribution >= 0.6 is 0 Å². The maximum absolute atomic E-state index is 11.8. The van der Waals surface area contributed by atoms with Gasteiger partial charge in [-0.2, -0.15) is 0 Å². The summed E-state index contributed by atoms with van der Waals surface area (Å²) in [5, 5.41) is 1.02. The Kier molecular flexibility index (Phi) is 3.69. The number of H-pyrrole nitrogens is 1. The van der Waals surface area contributed by atoms with Crippen molar-refractivity contribution in [2.24, 2.45) is 0 Å². The van der Waals surface area contributed by atoms with Gasteiger partial charge >= 0.3 is 5.97 Å². The fourth-order valence-corrected chi connectivity index (χ4v) is 2.50. The summed E-state index contributed by atoms with van der Waals surface area (Å²) in [5.41, 5.74) is 3.81.